The molecule has 0 saturated heterocycles. The number of aryl methyl sites for hydroxylation is 1. The van der Waals surface area contributed by atoms with Gasteiger partial charge in [0.05, 0.1) is 6.07 Å². The molecule has 17 heavy (non-hydrogen) atoms. The Bertz CT molecular complexity index is 461. The van der Waals surface area contributed by atoms with Crippen LogP contribution in [0.2, 0.25) is 0 Å². The van der Waals surface area contributed by atoms with Crippen molar-refractivity contribution in [2.75, 3.05) is 0 Å². The van der Waals surface area contributed by atoms with Gasteiger partial charge in [-0.1, -0.05) is 41.5 Å². The van der Waals surface area contributed by atoms with Crippen molar-refractivity contribution in [3.63, 3.8) is 0 Å². The first-order valence-electron chi connectivity index (χ1n) is 6.26. The molecule has 0 amide bonds. The van der Waals surface area contributed by atoms with E-state index in [4.69, 9.17) is 5.26 Å². The summed E-state index contributed by atoms with van der Waals surface area (Å²) in [5.41, 5.74) is 4.13. The number of hydrogen-bond donors (Lipinski definition) is 0. The van der Waals surface area contributed by atoms with Gasteiger partial charge in [-0.25, -0.2) is 0 Å². The largest absolute Gasteiger partial charge is 0.198 e. The molecule has 0 radical (unpaired) electrons. The van der Waals surface area contributed by atoms with Gasteiger partial charge >= 0.3 is 0 Å². The smallest absolute Gasteiger partial charge is 0.0631 e. The molecule has 1 heteroatoms. The molecule has 1 aliphatic rings. The van der Waals surface area contributed by atoms with E-state index in [0.717, 1.165) is 19.3 Å². The van der Waals surface area contributed by atoms with E-state index in [-0.39, 0.29) is 5.41 Å². The zero-order valence-corrected chi connectivity index (χ0v) is 10.7. The van der Waals surface area contributed by atoms with E-state index in [9.17, 15) is 0 Å². The molecule has 1 aliphatic carbocycles. The van der Waals surface area contributed by atoms with Crippen LogP contribution in [0.3, 0.4) is 0 Å². The molecule has 0 N–H and O–H groups in total. The van der Waals surface area contributed by atoms with Gasteiger partial charge in [-0.3, -0.25) is 0 Å². The molecule has 2 rings (SSSR count). The Morgan fingerprint density at radius 1 is 1.24 bits per heavy atom. The van der Waals surface area contributed by atoms with Crippen LogP contribution in [0.15, 0.2) is 35.9 Å². The van der Waals surface area contributed by atoms with Gasteiger partial charge in [-0.05, 0) is 38.7 Å². The molecule has 1 aromatic rings. The second-order valence-corrected chi connectivity index (χ2v) is 5.24. The fourth-order valence-electron chi connectivity index (χ4n) is 2.59. The van der Waals surface area contributed by atoms with Crippen LogP contribution in [0, 0.1) is 18.3 Å². The van der Waals surface area contributed by atoms with Crippen LogP contribution in [0.1, 0.15) is 43.7 Å². The van der Waals surface area contributed by atoms with E-state index in [1.54, 1.807) is 0 Å². The molecule has 1 atom stereocenters. The minimum atomic E-state index is 0.0575. The molecule has 0 saturated carbocycles. The van der Waals surface area contributed by atoms with Gasteiger partial charge in [-0.15, -0.1) is 0 Å². The highest BCUT2D eigenvalue weighted by atomic mass is 14.4. The normalized spacial score (nSPS) is 23.9. The summed E-state index contributed by atoms with van der Waals surface area (Å²) in [6.45, 7) is 4.29. The number of nitriles is 1. The summed E-state index contributed by atoms with van der Waals surface area (Å²) in [6, 6.07) is 11.1. The van der Waals surface area contributed by atoms with Crippen LogP contribution in [-0.2, 0) is 5.41 Å². The van der Waals surface area contributed by atoms with Crippen molar-refractivity contribution < 1.29 is 0 Å². The summed E-state index contributed by atoms with van der Waals surface area (Å²) >= 11 is 0. The Kier molecular flexibility index (Phi) is 3.33. The Labute approximate surface area is 104 Å². The zero-order valence-electron chi connectivity index (χ0n) is 10.7. The van der Waals surface area contributed by atoms with Crippen molar-refractivity contribution in [1.29, 1.82) is 5.26 Å². The summed E-state index contributed by atoms with van der Waals surface area (Å²) in [7, 11) is 0. The quantitative estimate of drug-likeness (QED) is 0.689. The maximum atomic E-state index is 9.09. The highest BCUT2D eigenvalue weighted by Crippen LogP contribution is 2.41. The monoisotopic (exact) mass is 225 g/mol. The molecule has 88 valence electrons. The van der Waals surface area contributed by atoms with Crippen LogP contribution < -0.4 is 0 Å². The first-order valence-corrected chi connectivity index (χ1v) is 6.26. The van der Waals surface area contributed by atoms with E-state index in [1.807, 2.05) is 0 Å². The SMILES string of the molecule is CC1=CCC(CC#N)(c2ccc(C)cc2)CC1. The van der Waals surface area contributed by atoms with E-state index >= 15 is 0 Å². The van der Waals surface area contributed by atoms with Gasteiger partial charge in [-0.2, -0.15) is 5.26 Å². The standard InChI is InChI=1S/C16H19N/c1-13-3-5-15(6-4-13)16(11-12-17)9-7-14(2)8-10-16/h3-7H,8-11H2,1-2H3. The van der Waals surface area contributed by atoms with Crippen molar-refractivity contribution in [2.24, 2.45) is 0 Å². The summed E-state index contributed by atoms with van der Waals surface area (Å²) in [4.78, 5) is 0. The molecule has 1 aromatic carbocycles. The van der Waals surface area contributed by atoms with E-state index in [2.05, 4.69) is 50.3 Å². The number of allylic oxidation sites excluding steroid dienone is 2. The summed E-state index contributed by atoms with van der Waals surface area (Å²) in [5.74, 6) is 0. The van der Waals surface area contributed by atoms with Crippen LogP contribution in [0.4, 0.5) is 0 Å². The van der Waals surface area contributed by atoms with Crippen LogP contribution in [0.25, 0.3) is 0 Å². The van der Waals surface area contributed by atoms with Crippen molar-refractivity contribution >= 4 is 0 Å². The highest BCUT2D eigenvalue weighted by Gasteiger charge is 2.32. The number of rotatable bonds is 2. The molecule has 1 unspecified atom stereocenters. The van der Waals surface area contributed by atoms with Gasteiger partial charge in [0.2, 0.25) is 0 Å². The lowest BCUT2D eigenvalue weighted by Crippen LogP contribution is -2.27. The van der Waals surface area contributed by atoms with E-state index < -0.39 is 0 Å². The fourth-order valence-corrected chi connectivity index (χ4v) is 2.59. The third-order valence-corrected chi connectivity index (χ3v) is 3.92. The van der Waals surface area contributed by atoms with Crippen molar-refractivity contribution in [3.05, 3.63) is 47.0 Å². The second kappa shape index (κ2) is 4.75. The van der Waals surface area contributed by atoms with Crippen molar-refractivity contribution in [3.8, 4) is 6.07 Å². The van der Waals surface area contributed by atoms with Gasteiger partial charge in [0.25, 0.3) is 0 Å². The van der Waals surface area contributed by atoms with Crippen molar-refractivity contribution in [2.45, 2.75) is 44.9 Å². The third-order valence-electron chi connectivity index (χ3n) is 3.92. The fraction of sp³-hybridized carbons (Fsp3) is 0.438. The third kappa shape index (κ3) is 2.42. The van der Waals surface area contributed by atoms with Gasteiger partial charge in [0.1, 0.15) is 0 Å². The molecular weight excluding hydrogens is 206 g/mol. The predicted octanol–water partition coefficient (Wildman–Crippen LogP) is 4.28. The molecule has 0 aromatic heterocycles. The van der Waals surface area contributed by atoms with E-state index in [1.165, 1.54) is 16.7 Å². The lowest BCUT2D eigenvalue weighted by molar-refractivity contribution is 0.388. The van der Waals surface area contributed by atoms with Gasteiger partial charge in [0, 0.05) is 11.8 Å². The Hall–Kier alpha value is -1.55. The average molecular weight is 225 g/mol. The molecule has 0 aliphatic heterocycles. The first-order chi connectivity index (χ1) is 8.16. The van der Waals surface area contributed by atoms with Gasteiger partial charge < -0.3 is 0 Å². The molecule has 0 spiro atoms. The summed E-state index contributed by atoms with van der Waals surface area (Å²) < 4.78 is 0. The van der Waals surface area contributed by atoms with Crippen LogP contribution in [0.5, 0.6) is 0 Å². The lowest BCUT2D eigenvalue weighted by atomic mass is 9.68. The zero-order chi connectivity index (χ0) is 12.3. The van der Waals surface area contributed by atoms with Crippen molar-refractivity contribution in [1.82, 2.24) is 0 Å². The molecule has 0 fully saturated rings. The van der Waals surface area contributed by atoms with Crippen LogP contribution >= 0.6 is 0 Å². The Balaban J connectivity index is 2.35. The molecule has 1 nitrogen and oxygen atoms in total. The van der Waals surface area contributed by atoms with Crippen LogP contribution in [-0.4, -0.2) is 0 Å². The maximum absolute atomic E-state index is 9.09. The number of nitrogens with zero attached hydrogens (tertiary/aromatic N) is 1. The Morgan fingerprint density at radius 2 is 1.94 bits per heavy atom. The first kappa shape index (κ1) is 11.9. The average Bonchev–Trinajstić information content (AvgIpc) is 2.34. The lowest BCUT2D eigenvalue weighted by Gasteiger charge is -2.35. The number of hydrogen-bond acceptors (Lipinski definition) is 1. The number of benzene rings is 1. The molecule has 0 bridgehead atoms. The topological polar surface area (TPSA) is 23.8 Å². The summed E-state index contributed by atoms with van der Waals surface area (Å²) in [6.07, 6.45) is 6.16. The van der Waals surface area contributed by atoms with Gasteiger partial charge in [0.15, 0.2) is 0 Å². The van der Waals surface area contributed by atoms with E-state index in [0.29, 0.717) is 6.42 Å². The second-order valence-electron chi connectivity index (χ2n) is 5.24. The predicted molar refractivity (Wildman–Crippen MR) is 70.7 cm³/mol. The minimum Gasteiger partial charge on any atom is -0.198 e. The summed E-state index contributed by atoms with van der Waals surface area (Å²) in [5, 5.41) is 9.09. The molecular formula is C16H19N. The molecule has 0 heterocycles. The Morgan fingerprint density at radius 3 is 2.47 bits per heavy atom. The maximum Gasteiger partial charge on any atom is 0.0631 e. The highest BCUT2D eigenvalue weighted by molar-refractivity contribution is 5.32. The minimum absolute atomic E-state index is 0.0575.